The average Bonchev–Trinajstić information content (AvgIpc) is 2.77. The molecule has 0 aliphatic rings. The summed E-state index contributed by atoms with van der Waals surface area (Å²) >= 11 is 0. The average molecular weight is 456 g/mol. The van der Waals surface area contributed by atoms with Crippen molar-refractivity contribution in [3.05, 3.63) is 0 Å². The zero-order valence-electron chi connectivity index (χ0n) is 22.9. The number of hydrogen-bond donors (Lipinski definition) is 0. The minimum atomic E-state index is -1.08. The highest BCUT2D eigenvalue weighted by Crippen LogP contribution is 2.10. The lowest BCUT2D eigenvalue weighted by molar-refractivity contribution is -0.539. The van der Waals surface area contributed by atoms with Gasteiger partial charge >= 0.3 is 5.96 Å². The molecule has 32 heavy (non-hydrogen) atoms. The Kier molecular flexibility index (Phi) is 25.1. The van der Waals surface area contributed by atoms with E-state index in [1.165, 1.54) is 116 Å². The maximum atomic E-state index is 8.89. The number of rotatable bonds is 18. The fourth-order valence-corrected chi connectivity index (χ4v) is 3.63. The summed E-state index contributed by atoms with van der Waals surface area (Å²) in [6, 6.07) is 0. The van der Waals surface area contributed by atoms with Gasteiger partial charge in [0.1, 0.15) is 0 Å². The molecule has 0 atom stereocenters. The van der Waals surface area contributed by atoms with E-state index < -0.39 is 5.97 Å². The van der Waals surface area contributed by atoms with E-state index in [-0.39, 0.29) is 0 Å². The molecule has 0 radical (unpaired) electrons. The Balaban J connectivity index is 0. The first-order valence-corrected chi connectivity index (χ1v) is 13.7. The summed E-state index contributed by atoms with van der Waals surface area (Å²) in [6.07, 6.45) is 15.5. The minimum absolute atomic E-state index is 0.972. The highest BCUT2D eigenvalue weighted by atomic mass is 16.4. The monoisotopic (exact) mass is 455 g/mol. The van der Waals surface area contributed by atoms with Gasteiger partial charge < -0.3 is 9.90 Å². The Morgan fingerprint density at radius 3 is 1.06 bits per heavy atom. The molecular weight excluding hydrogens is 398 g/mol. The molecule has 0 spiro atoms. The van der Waals surface area contributed by atoms with Gasteiger partial charge in [0, 0.05) is 5.97 Å². The highest BCUT2D eigenvalue weighted by molar-refractivity contribution is 5.75. The van der Waals surface area contributed by atoms with Crippen LogP contribution in [0.5, 0.6) is 0 Å². The van der Waals surface area contributed by atoms with E-state index in [1.54, 1.807) is 5.96 Å². The lowest BCUT2D eigenvalue weighted by atomic mass is 10.2. The van der Waals surface area contributed by atoms with Crippen molar-refractivity contribution >= 4 is 11.9 Å². The molecular formula is C27H57N3O2. The SMILES string of the molecule is CC(=O)[O-].CCCCN(CCCC)C(N(CCCC)CCCC)=[N+](CCCC)CCCC. The normalized spacial score (nSPS) is 10.3. The molecule has 0 amide bonds. The number of carboxylic acids is 1. The fraction of sp³-hybridized carbons (Fsp3) is 0.926. The summed E-state index contributed by atoms with van der Waals surface area (Å²) in [7, 11) is 0. The third kappa shape index (κ3) is 18.3. The zero-order valence-corrected chi connectivity index (χ0v) is 22.9. The van der Waals surface area contributed by atoms with Crippen LogP contribution >= 0.6 is 0 Å². The molecule has 0 saturated carbocycles. The van der Waals surface area contributed by atoms with Crippen molar-refractivity contribution in [1.82, 2.24) is 9.80 Å². The molecule has 0 unspecified atom stereocenters. The van der Waals surface area contributed by atoms with Crippen molar-refractivity contribution < 1.29 is 14.5 Å². The van der Waals surface area contributed by atoms with Gasteiger partial charge in [-0.2, -0.15) is 0 Å². The van der Waals surface area contributed by atoms with Gasteiger partial charge in [0.2, 0.25) is 0 Å². The summed E-state index contributed by atoms with van der Waals surface area (Å²) in [5.41, 5.74) is 0. The van der Waals surface area contributed by atoms with E-state index in [0.29, 0.717) is 0 Å². The van der Waals surface area contributed by atoms with Gasteiger partial charge in [-0.3, -0.25) is 14.4 Å². The zero-order chi connectivity index (χ0) is 24.6. The molecule has 0 fully saturated rings. The third-order valence-electron chi connectivity index (χ3n) is 5.54. The van der Waals surface area contributed by atoms with Gasteiger partial charge in [-0.1, -0.05) is 80.1 Å². The van der Waals surface area contributed by atoms with Crippen molar-refractivity contribution in [2.45, 2.75) is 126 Å². The van der Waals surface area contributed by atoms with Crippen LogP contribution in [0, 0.1) is 0 Å². The number of carboxylic acid groups (broad SMARTS) is 1. The summed E-state index contributed by atoms with van der Waals surface area (Å²) in [5, 5.41) is 8.89. The molecule has 0 aliphatic carbocycles. The van der Waals surface area contributed by atoms with E-state index in [2.05, 4.69) is 55.9 Å². The number of nitrogens with zero attached hydrogens (tertiary/aromatic N) is 3. The molecule has 5 nitrogen and oxygen atoms in total. The van der Waals surface area contributed by atoms with Crippen LogP contribution in [-0.2, 0) is 4.79 Å². The topological polar surface area (TPSA) is 49.6 Å². The van der Waals surface area contributed by atoms with Crippen molar-refractivity contribution in [3.63, 3.8) is 0 Å². The number of carbonyl (C=O) groups is 1. The largest absolute Gasteiger partial charge is 0.550 e. The lowest BCUT2D eigenvalue weighted by Gasteiger charge is -2.31. The van der Waals surface area contributed by atoms with Crippen LogP contribution in [0.3, 0.4) is 0 Å². The number of guanidine groups is 1. The van der Waals surface area contributed by atoms with Crippen molar-refractivity contribution in [2.24, 2.45) is 0 Å². The molecule has 0 aliphatic heterocycles. The van der Waals surface area contributed by atoms with E-state index in [0.717, 1.165) is 6.92 Å². The molecule has 0 aromatic rings. The smallest absolute Gasteiger partial charge is 0.350 e. The van der Waals surface area contributed by atoms with Crippen LogP contribution in [0.4, 0.5) is 0 Å². The van der Waals surface area contributed by atoms with Crippen LogP contribution in [0.2, 0.25) is 0 Å². The molecule has 5 heteroatoms. The number of hydrogen-bond acceptors (Lipinski definition) is 2. The summed E-state index contributed by atoms with van der Waals surface area (Å²) in [4.78, 5) is 14.4. The maximum Gasteiger partial charge on any atom is 0.350 e. The van der Waals surface area contributed by atoms with Gasteiger partial charge in [0.15, 0.2) is 0 Å². The summed E-state index contributed by atoms with van der Waals surface area (Å²) in [5.74, 6) is 0.491. The number of unbranched alkanes of at least 4 members (excludes halogenated alkanes) is 6. The van der Waals surface area contributed by atoms with Crippen LogP contribution < -0.4 is 5.11 Å². The predicted octanol–water partition coefficient (Wildman–Crippen LogP) is 5.52. The predicted molar refractivity (Wildman–Crippen MR) is 138 cm³/mol. The molecule has 0 saturated heterocycles. The van der Waals surface area contributed by atoms with Crippen molar-refractivity contribution in [2.75, 3.05) is 39.3 Å². The lowest BCUT2D eigenvalue weighted by Crippen LogP contribution is -2.51. The third-order valence-corrected chi connectivity index (χ3v) is 5.54. The van der Waals surface area contributed by atoms with Crippen LogP contribution in [-0.4, -0.2) is 65.6 Å². The molecule has 192 valence electrons. The van der Waals surface area contributed by atoms with Gasteiger partial charge in [-0.05, 0) is 45.4 Å². The number of carbonyl (C=O) groups excluding carboxylic acids is 1. The second-order valence-corrected chi connectivity index (χ2v) is 8.87. The van der Waals surface area contributed by atoms with E-state index >= 15 is 0 Å². The van der Waals surface area contributed by atoms with E-state index in [1.807, 2.05) is 0 Å². The quantitative estimate of drug-likeness (QED) is 0.155. The second-order valence-electron chi connectivity index (χ2n) is 8.87. The molecule has 0 aromatic carbocycles. The standard InChI is InChI=1S/C25H54N3.C2H4O2/c1-7-13-19-26(20-14-8-2)25(27(21-15-9-3)22-16-10-4)28(23-17-11-5)24-18-12-6;1-2(3)4/h7-24H2,1-6H3;1H3,(H,3,4)/q+1;/p-1. The van der Waals surface area contributed by atoms with E-state index in [9.17, 15) is 0 Å². The molecule has 0 rings (SSSR count). The van der Waals surface area contributed by atoms with Crippen LogP contribution in [0.1, 0.15) is 126 Å². The highest BCUT2D eigenvalue weighted by Gasteiger charge is 2.28. The molecule has 0 bridgehead atoms. The van der Waals surface area contributed by atoms with E-state index in [4.69, 9.17) is 9.90 Å². The summed E-state index contributed by atoms with van der Waals surface area (Å²) < 4.78 is 2.77. The Morgan fingerprint density at radius 2 is 0.844 bits per heavy atom. The van der Waals surface area contributed by atoms with Gasteiger partial charge in [-0.15, -0.1) is 0 Å². The second kappa shape index (κ2) is 24.4. The minimum Gasteiger partial charge on any atom is -0.550 e. The number of aliphatic carboxylic acids is 1. The first kappa shape index (κ1) is 32.9. The summed E-state index contributed by atoms with van der Waals surface area (Å²) in [6.45, 7) is 22.3. The van der Waals surface area contributed by atoms with Crippen LogP contribution in [0.15, 0.2) is 0 Å². The van der Waals surface area contributed by atoms with Gasteiger partial charge in [0.05, 0.1) is 39.3 Å². The van der Waals surface area contributed by atoms with Crippen molar-refractivity contribution in [1.29, 1.82) is 0 Å². The fourth-order valence-electron chi connectivity index (χ4n) is 3.63. The molecule has 0 aromatic heterocycles. The first-order chi connectivity index (χ1) is 15.4. The Hall–Kier alpha value is -1.26. The van der Waals surface area contributed by atoms with Crippen LogP contribution in [0.25, 0.3) is 0 Å². The Bertz CT molecular complexity index is 400. The maximum absolute atomic E-state index is 8.89. The molecule has 0 heterocycles. The first-order valence-electron chi connectivity index (χ1n) is 13.7. The Morgan fingerprint density at radius 1 is 0.594 bits per heavy atom. The van der Waals surface area contributed by atoms with Gasteiger partial charge in [-0.25, -0.2) is 0 Å². The Labute approximate surface area is 201 Å². The van der Waals surface area contributed by atoms with Gasteiger partial charge in [0.25, 0.3) is 0 Å². The van der Waals surface area contributed by atoms with Crippen molar-refractivity contribution in [3.8, 4) is 0 Å². The molecule has 0 N–H and O–H groups in total.